The molecule has 0 bridgehead atoms. The highest BCUT2D eigenvalue weighted by Gasteiger charge is 2.32. The molecule has 1 saturated heterocycles. The summed E-state index contributed by atoms with van der Waals surface area (Å²) in [4.78, 5) is 35.7. The summed E-state index contributed by atoms with van der Waals surface area (Å²) < 4.78 is 6.40. The molecule has 1 atom stereocenters. The van der Waals surface area contributed by atoms with E-state index in [-0.39, 0.29) is 17.6 Å². The Hall–Kier alpha value is -4.52. The number of amides is 2. The zero-order chi connectivity index (χ0) is 24.2. The van der Waals surface area contributed by atoms with Gasteiger partial charge < -0.3 is 26.5 Å². The predicted octanol–water partition coefficient (Wildman–Crippen LogP) is 2.14. The largest absolute Gasteiger partial charge is 0.497 e. The fourth-order valence-corrected chi connectivity index (χ4v) is 4.01. The van der Waals surface area contributed by atoms with Crippen molar-refractivity contribution in [2.45, 2.75) is 25.8 Å². The van der Waals surface area contributed by atoms with Gasteiger partial charge in [0.05, 0.1) is 13.2 Å². The van der Waals surface area contributed by atoms with Crippen molar-refractivity contribution in [3.63, 3.8) is 0 Å². The van der Waals surface area contributed by atoms with Crippen molar-refractivity contribution in [1.29, 1.82) is 0 Å². The first kappa shape index (κ1) is 22.7. The molecule has 34 heavy (non-hydrogen) atoms. The minimum atomic E-state index is -0.687. The lowest BCUT2D eigenvalue weighted by Crippen LogP contribution is -2.27. The van der Waals surface area contributed by atoms with Crippen LogP contribution in [0.4, 0.5) is 5.82 Å². The van der Waals surface area contributed by atoms with Crippen LogP contribution in [0.2, 0.25) is 0 Å². The van der Waals surface area contributed by atoms with E-state index in [4.69, 9.17) is 16.3 Å². The van der Waals surface area contributed by atoms with Crippen LogP contribution < -0.4 is 21.6 Å². The molecule has 2 aromatic heterocycles. The molecule has 0 saturated carbocycles. The molecular weight excluding hydrogens is 434 g/mol. The van der Waals surface area contributed by atoms with E-state index in [1.54, 1.807) is 49.5 Å². The zero-order valence-corrected chi connectivity index (χ0v) is 18.9. The number of likely N-dealkylation sites (tertiary alicyclic amines) is 1. The second kappa shape index (κ2) is 9.54. The Morgan fingerprint density at radius 1 is 1.24 bits per heavy atom. The fraction of sp³-hybridized carbons (Fsp3) is 0.250. The van der Waals surface area contributed by atoms with E-state index in [1.165, 1.54) is 11.8 Å². The van der Waals surface area contributed by atoms with Crippen molar-refractivity contribution in [2.75, 3.05) is 24.8 Å². The van der Waals surface area contributed by atoms with Crippen molar-refractivity contribution in [3.8, 4) is 29.0 Å². The molecule has 174 valence electrons. The highest BCUT2D eigenvalue weighted by molar-refractivity contribution is 6.04. The monoisotopic (exact) mass is 459 g/mol. The number of aromatic nitrogens is 3. The molecule has 1 aromatic carbocycles. The minimum absolute atomic E-state index is 0.101. The van der Waals surface area contributed by atoms with Crippen LogP contribution in [0.5, 0.6) is 5.75 Å². The second-order valence-electron chi connectivity index (χ2n) is 7.73. The van der Waals surface area contributed by atoms with Crippen molar-refractivity contribution in [3.05, 3.63) is 59.7 Å². The zero-order valence-electron chi connectivity index (χ0n) is 18.9. The molecule has 5 N–H and O–H groups in total. The number of carbonyl (C=O) groups is 2. The molecule has 0 aliphatic carbocycles. The fourth-order valence-electron chi connectivity index (χ4n) is 4.01. The number of nitrogen functional groups attached to an aromatic ring is 1. The van der Waals surface area contributed by atoms with Gasteiger partial charge in [0.25, 0.3) is 11.8 Å². The lowest BCUT2D eigenvalue weighted by molar-refractivity contribution is 0.0991. The first-order valence-electron chi connectivity index (χ1n) is 10.7. The number of pyridine rings is 1. The number of hydrogen-bond acceptors (Lipinski definition) is 7. The number of nitrogens with one attached hydrogen (secondary N) is 1. The van der Waals surface area contributed by atoms with Crippen LogP contribution >= 0.6 is 0 Å². The molecule has 1 aliphatic rings. The molecule has 4 rings (SSSR count). The highest BCUT2D eigenvalue weighted by Crippen LogP contribution is 2.33. The molecular formula is C24H25N7O3. The summed E-state index contributed by atoms with van der Waals surface area (Å²) in [5.41, 5.74) is 7.12. The van der Waals surface area contributed by atoms with Gasteiger partial charge in [0.2, 0.25) is 0 Å². The summed E-state index contributed by atoms with van der Waals surface area (Å²) in [6.45, 7) is 2.57. The summed E-state index contributed by atoms with van der Waals surface area (Å²) in [7, 11) is 1.54. The van der Waals surface area contributed by atoms with Gasteiger partial charge in [-0.15, -0.1) is 0 Å². The summed E-state index contributed by atoms with van der Waals surface area (Å²) in [6, 6.07) is 12.9. The third kappa shape index (κ3) is 4.36. The van der Waals surface area contributed by atoms with E-state index in [0.717, 1.165) is 19.4 Å². The van der Waals surface area contributed by atoms with E-state index in [9.17, 15) is 9.59 Å². The van der Waals surface area contributed by atoms with Gasteiger partial charge in [0.1, 0.15) is 17.3 Å². The maximum atomic E-state index is 12.6. The lowest BCUT2D eigenvalue weighted by atomic mass is 10.1. The Morgan fingerprint density at radius 2 is 2.00 bits per heavy atom. The number of carbonyl (C=O) groups excluding carboxylic acids is 2. The van der Waals surface area contributed by atoms with Gasteiger partial charge in [-0.3, -0.25) is 9.59 Å². The number of benzene rings is 1. The van der Waals surface area contributed by atoms with Crippen LogP contribution in [0.15, 0.2) is 42.6 Å². The van der Waals surface area contributed by atoms with Gasteiger partial charge in [0.15, 0.2) is 11.5 Å². The number of imidazole rings is 1. The third-order valence-electron chi connectivity index (χ3n) is 5.61. The average molecular weight is 460 g/mol. The van der Waals surface area contributed by atoms with Crippen LogP contribution in [0.3, 0.4) is 0 Å². The van der Waals surface area contributed by atoms with Crippen molar-refractivity contribution in [1.82, 2.24) is 19.5 Å². The van der Waals surface area contributed by atoms with E-state index in [2.05, 4.69) is 27.2 Å². The first-order chi connectivity index (χ1) is 16.4. The molecule has 1 fully saturated rings. The van der Waals surface area contributed by atoms with Crippen molar-refractivity contribution >= 4 is 17.6 Å². The number of rotatable bonds is 6. The van der Waals surface area contributed by atoms with Crippen molar-refractivity contribution in [2.24, 2.45) is 5.73 Å². The van der Waals surface area contributed by atoms with Gasteiger partial charge in [0, 0.05) is 36.0 Å². The maximum absolute atomic E-state index is 12.6. The Bertz CT molecular complexity index is 1290. The highest BCUT2D eigenvalue weighted by atomic mass is 16.5. The lowest BCUT2D eigenvalue weighted by Gasteiger charge is -2.19. The number of anilines is 1. The number of ether oxygens (including phenoxy) is 1. The van der Waals surface area contributed by atoms with E-state index in [1.807, 2.05) is 4.90 Å². The quantitative estimate of drug-likeness (QED) is 0.379. The molecule has 0 spiro atoms. The normalized spacial score (nSPS) is 14.9. The van der Waals surface area contributed by atoms with Crippen LogP contribution in [0.25, 0.3) is 11.3 Å². The SMILES string of the molecule is CC#CN1CCCC1c1nc(-c2ccc(C(=O)Nc3cc(OC)ccn3)cc2)c(C(N)=O)n1N. The van der Waals surface area contributed by atoms with Gasteiger partial charge in [-0.1, -0.05) is 18.1 Å². The van der Waals surface area contributed by atoms with Gasteiger partial charge in [-0.2, -0.15) is 0 Å². The number of methoxy groups -OCH3 is 1. The topological polar surface area (TPSA) is 141 Å². The summed E-state index contributed by atoms with van der Waals surface area (Å²) in [5, 5.41) is 2.73. The van der Waals surface area contributed by atoms with Crippen LogP contribution in [0.1, 0.15) is 52.5 Å². The molecule has 0 radical (unpaired) electrons. The Kier molecular flexibility index (Phi) is 6.36. The first-order valence-corrected chi connectivity index (χ1v) is 10.7. The maximum Gasteiger partial charge on any atom is 0.269 e. The standard InChI is InChI=1S/C24H25N7O3/c1-3-12-30-13-4-5-18(30)23-29-20(21(22(25)32)31(23)26)15-6-8-16(9-7-15)24(33)28-19-14-17(34-2)10-11-27-19/h6-11,14,18H,4-5,13,26H2,1-2H3,(H2,25,32)(H,27,28,33). The Balaban J connectivity index is 1.62. The van der Waals surface area contributed by atoms with E-state index < -0.39 is 5.91 Å². The summed E-state index contributed by atoms with van der Waals surface area (Å²) in [6.07, 6.45) is 3.30. The van der Waals surface area contributed by atoms with Gasteiger partial charge in [-0.25, -0.2) is 14.6 Å². The smallest absolute Gasteiger partial charge is 0.269 e. The molecule has 3 heterocycles. The minimum Gasteiger partial charge on any atom is -0.497 e. The molecule has 10 heteroatoms. The van der Waals surface area contributed by atoms with E-state index in [0.29, 0.717) is 34.2 Å². The molecule has 2 amide bonds. The number of hydrogen-bond donors (Lipinski definition) is 3. The van der Waals surface area contributed by atoms with Crippen LogP contribution in [-0.2, 0) is 0 Å². The predicted molar refractivity (Wildman–Crippen MR) is 127 cm³/mol. The van der Waals surface area contributed by atoms with E-state index >= 15 is 0 Å². The Labute approximate surface area is 196 Å². The second-order valence-corrected chi connectivity index (χ2v) is 7.73. The molecule has 1 unspecified atom stereocenters. The average Bonchev–Trinajstić information content (AvgIpc) is 3.43. The number of nitrogens with two attached hydrogens (primary N) is 2. The molecule has 1 aliphatic heterocycles. The Morgan fingerprint density at radius 3 is 2.68 bits per heavy atom. The molecule has 10 nitrogen and oxygen atoms in total. The van der Waals surface area contributed by atoms with Crippen molar-refractivity contribution < 1.29 is 14.3 Å². The summed E-state index contributed by atoms with van der Waals surface area (Å²) in [5.74, 6) is 9.61. The third-order valence-corrected chi connectivity index (χ3v) is 5.61. The van der Waals surface area contributed by atoms with Crippen LogP contribution in [0, 0.1) is 12.0 Å². The molecule has 3 aromatic rings. The number of nitrogens with zero attached hydrogens (tertiary/aromatic N) is 4. The van der Waals surface area contributed by atoms with Gasteiger partial charge >= 0.3 is 0 Å². The number of primary amides is 1. The summed E-state index contributed by atoms with van der Waals surface area (Å²) >= 11 is 0. The van der Waals surface area contributed by atoms with Crippen LogP contribution in [-0.4, -0.2) is 45.0 Å². The van der Waals surface area contributed by atoms with Gasteiger partial charge in [-0.05, 0) is 38.0 Å².